The first kappa shape index (κ1) is 32.4. The SMILES string of the molecule is c1ccc(C2=NC(c3cccc4sc5cccc(-c6ccc7c(c6)sc6ccc(-n8c9ccccc9c9ccccc98)cc67)c5c34)NC(c3ccccc3)=N2)cc1. The van der Waals surface area contributed by atoms with Gasteiger partial charge in [-0.15, -0.1) is 22.7 Å². The number of benzene rings is 8. The van der Waals surface area contributed by atoms with Crippen LogP contribution in [0.4, 0.5) is 0 Å². The van der Waals surface area contributed by atoms with Gasteiger partial charge < -0.3 is 9.88 Å². The van der Waals surface area contributed by atoms with Gasteiger partial charge in [-0.3, -0.25) is 0 Å². The van der Waals surface area contributed by atoms with Crippen LogP contribution in [0.15, 0.2) is 192 Å². The second-order valence-electron chi connectivity index (χ2n) is 14.6. The molecule has 0 saturated carbocycles. The molecule has 268 valence electrons. The van der Waals surface area contributed by atoms with Gasteiger partial charge in [-0.2, -0.15) is 0 Å². The van der Waals surface area contributed by atoms with Crippen LogP contribution in [0.25, 0.3) is 79.0 Å². The Bertz CT molecular complexity index is 3390. The molecule has 4 heterocycles. The highest BCUT2D eigenvalue weighted by molar-refractivity contribution is 7.26. The van der Waals surface area contributed by atoms with E-state index in [0.29, 0.717) is 0 Å². The number of nitrogens with one attached hydrogen (secondary N) is 1. The van der Waals surface area contributed by atoms with Gasteiger partial charge in [0.25, 0.3) is 0 Å². The summed E-state index contributed by atoms with van der Waals surface area (Å²) in [7, 11) is 0. The number of amidine groups is 2. The third-order valence-corrected chi connectivity index (χ3v) is 13.5. The lowest BCUT2D eigenvalue weighted by Crippen LogP contribution is -2.33. The lowest BCUT2D eigenvalue weighted by atomic mass is 9.95. The van der Waals surface area contributed by atoms with Crippen molar-refractivity contribution in [2.24, 2.45) is 9.98 Å². The largest absolute Gasteiger partial charge is 0.344 e. The molecule has 1 aliphatic rings. The maximum Gasteiger partial charge on any atom is 0.159 e. The average molecular weight is 765 g/mol. The molecule has 6 heteroatoms. The number of para-hydroxylation sites is 2. The van der Waals surface area contributed by atoms with Crippen LogP contribution in [0, 0.1) is 0 Å². The second-order valence-corrected chi connectivity index (χ2v) is 16.7. The van der Waals surface area contributed by atoms with Crippen LogP contribution in [-0.4, -0.2) is 16.2 Å². The summed E-state index contributed by atoms with van der Waals surface area (Å²) in [5.41, 5.74) is 9.26. The standard InChI is InChI=1S/C51H32N4S2/c1-3-13-31(14-4-1)49-52-50(32-15-5-2-6-16-32)54-51(53-49)39-20-12-24-45-48(39)47-35(19-11-23-44(47)57-45)33-25-27-38-40-30-34(26-28-43(40)56-46(38)29-33)55-41-21-9-7-17-36(41)37-18-8-10-22-42(37)55/h1-30,51H,(H,52,53,54). The monoisotopic (exact) mass is 764 g/mol. The topological polar surface area (TPSA) is 41.7 Å². The van der Waals surface area contributed by atoms with Gasteiger partial charge in [0.1, 0.15) is 12.0 Å². The fraction of sp³-hybridized carbons (Fsp3) is 0.0196. The van der Waals surface area contributed by atoms with Gasteiger partial charge in [-0.25, -0.2) is 9.98 Å². The van der Waals surface area contributed by atoms with Crippen molar-refractivity contribution in [3.8, 4) is 16.8 Å². The molecule has 3 aromatic heterocycles. The Balaban J connectivity index is 1.00. The number of rotatable bonds is 5. The lowest BCUT2D eigenvalue weighted by molar-refractivity contribution is 0.680. The minimum Gasteiger partial charge on any atom is -0.344 e. The highest BCUT2D eigenvalue weighted by Crippen LogP contribution is 2.45. The van der Waals surface area contributed by atoms with Crippen LogP contribution < -0.4 is 5.32 Å². The van der Waals surface area contributed by atoms with Crippen molar-refractivity contribution in [3.05, 3.63) is 199 Å². The predicted molar refractivity (Wildman–Crippen MR) is 244 cm³/mol. The molecule has 12 rings (SSSR count). The summed E-state index contributed by atoms with van der Waals surface area (Å²) < 4.78 is 7.50. The average Bonchev–Trinajstić information content (AvgIpc) is 3.96. The maximum absolute atomic E-state index is 5.28. The summed E-state index contributed by atoms with van der Waals surface area (Å²) in [6, 6.07) is 65.4. The van der Waals surface area contributed by atoms with Crippen LogP contribution in [0.3, 0.4) is 0 Å². The van der Waals surface area contributed by atoms with Crippen LogP contribution >= 0.6 is 22.7 Å². The van der Waals surface area contributed by atoms with Crippen LogP contribution in [0.5, 0.6) is 0 Å². The number of aromatic nitrogens is 1. The van der Waals surface area contributed by atoms with Gasteiger partial charge in [0.05, 0.1) is 11.0 Å². The Morgan fingerprint density at radius 1 is 0.456 bits per heavy atom. The molecule has 0 saturated heterocycles. The van der Waals surface area contributed by atoms with E-state index in [0.717, 1.165) is 28.4 Å². The second kappa shape index (κ2) is 12.8. The summed E-state index contributed by atoms with van der Waals surface area (Å²) in [5.74, 6) is 1.55. The third-order valence-electron chi connectivity index (χ3n) is 11.3. The van der Waals surface area contributed by atoms with Crippen LogP contribution in [-0.2, 0) is 0 Å². The number of hydrogen-bond acceptors (Lipinski definition) is 5. The lowest BCUT2D eigenvalue weighted by Gasteiger charge is -2.24. The molecule has 1 atom stereocenters. The fourth-order valence-corrected chi connectivity index (χ4v) is 11.0. The Kier molecular flexibility index (Phi) is 7.30. The van der Waals surface area contributed by atoms with E-state index in [2.05, 4.69) is 168 Å². The van der Waals surface area contributed by atoms with E-state index in [-0.39, 0.29) is 6.17 Å². The molecule has 8 aromatic carbocycles. The fourth-order valence-electron chi connectivity index (χ4n) is 8.70. The molecule has 11 aromatic rings. The van der Waals surface area contributed by atoms with E-state index < -0.39 is 0 Å². The number of fused-ring (bicyclic) bond motifs is 9. The van der Waals surface area contributed by atoms with Crippen LogP contribution in [0.2, 0.25) is 0 Å². The molecular weight excluding hydrogens is 733 g/mol. The van der Waals surface area contributed by atoms with Crippen molar-refractivity contribution >= 4 is 96.5 Å². The molecule has 0 amide bonds. The quantitative estimate of drug-likeness (QED) is 0.186. The molecule has 4 nitrogen and oxygen atoms in total. The molecule has 1 unspecified atom stereocenters. The van der Waals surface area contributed by atoms with Gasteiger partial charge in [0.2, 0.25) is 0 Å². The normalized spacial score (nSPS) is 14.5. The van der Waals surface area contributed by atoms with Gasteiger partial charge >= 0.3 is 0 Å². The number of hydrogen-bond donors (Lipinski definition) is 1. The summed E-state index contributed by atoms with van der Waals surface area (Å²) >= 11 is 3.72. The first-order chi connectivity index (χ1) is 28.2. The van der Waals surface area contributed by atoms with Crippen molar-refractivity contribution in [1.29, 1.82) is 0 Å². The van der Waals surface area contributed by atoms with Crippen molar-refractivity contribution < 1.29 is 0 Å². The maximum atomic E-state index is 5.28. The van der Waals surface area contributed by atoms with Crippen molar-refractivity contribution in [3.63, 3.8) is 0 Å². The molecule has 57 heavy (non-hydrogen) atoms. The summed E-state index contributed by atoms with van der Waals surface area (Å²) in [5, 5.41) is 11.4. The Morgan fingerprint density at radius 2 is 1.12 bits per heavy atom. The van der Waals surface area contributed by atoms with Gasteiger partial charge in [-0.05, 0) is 59.7 Å². The summed E-state index contributed by atoms with van der Waals surface area (Å²) in [4.78, 5) is 10.3. The van der Waals surface area contributed by atoms with Gasteiger partial charge in [0, 0.05) is 73.5 Å². The van der Waals surface area contributed by atoms with E-state index >= 15 is 0 Å². The number of nitrogens with zero attached hydrogens (tertiary/aromatic N) is 3. The molecule has 0 radical (unpaired) electrons. The Morgan fingerprint density at radius 3 is 1.89 bits per heavy atom. The van der Waals surface area contributed by atoms with E-state index in [1.165, 1.54) is 79.0 Å². The molecule has 0 aliphatic carbocycles. The molecule has 1 aliphatic heterocycles. The highest BCUT2D eigenvalue weighted by atomic mass is 32.1. The molecular formula is C51H32N4S2. The van der Waals surface area contributed by atoms with Gasteiger partial charge in [0.15, 0.2) is 5.84 Å². The van der Waals surface area contributed by atoms with Crippen molar-refractivity contribution in [1.82, 2.24) is 9.88 Å². The van der Waals surface area contributed by atoms with E-state index in [9.17, 15) is 0 Å². The zero-order valence-electron chi connectivity index (χ0n) is 30.6. The number of aliphatic imine (C=N–C) groups is 2. The van der Waals surface area contributed by atoms with Crippen molar-refractivity contribution in [2.75, 3.05) is 0 Å². The smallest absolute Gasteiger partial charge is 0.159 e. The van der Waals surface area contributed by atoms with Gasteiger partial charge in [-0.1, -0.05) is 133 Å². The van der Waals surface area contributed by atoms with Crippen molar-refractivity contribution in [2.45, 2.75) is 6.17 Å². The zero-order valence-corrected chi connectivity index (χ0v) is 32.2. The summed E-state index contributed by atoms with van der Waals surface area (Å²) in [6.07, 6.45) is -0.323. The minimum atomic E-state index is -0.323. The minimum absolute atomic E-state index is 0.323. The predicted octanol–water partition coefficient (Wildman–Crippen LogP) is 13.7. The highest BCUT2D eigenvalue weighted by Gasteiger charge is 2.25. The third kappa shape index (κ3) is 5.18. The van der Waals surface area contributed by atoms with Crippen LogP contribution in [0.1, 0.15) is 22.9 Å². The Labute approximate surface area is 336 Å². The van der Waals surface area contributed by atoms with E-state index in [1.54, 1.807) is 0 Å². The molecule has 0 bridgehead atoms. The molecule has 0 spiro atoms. The zero-order chi connectivity index (χ0) is 37.5. The summed E-state index contributed by atoms with van der Waals surface area (Å²) in [6.45, 7) is 0. The molecule has 0 fully saturated rings. The molecule has 1 N–H and O–H groups in total. The number of thiophene rings is 2. The first-order valence-corrected chi connectivity index (χ1v) is 20.8. The van der Waals surface area contributed by atoms with E-state index in [4.69, 9.17) is 9.98 Å². The Hall–Kier alpha value is -6.86. The first-order valence-electron chi connectivity index (χ1n) is 19.2. The van der Waals surface area contributed by atoms with E-state index in [1.807, 2.05) is 46.9 Å².